The van der Waals surface area contributed by atoms with Crippen LogP contribution in [0.4, 0.5) is 5.13 Å². The van der Waals surface area contributed by atoms with Gasteiger partial charge in [0.05, 0.1) is 30.5 Å². The van der Waals surface area contributed by atoms with Gasteiger partial charge in [-0.05, 0) is 42.2 Å². The number of H-pyrrole nitrogens is 1. The number of anilines is 1. The highest BCUT2D eigenvalue weighted by atomic mass is 32.1. The number of thiazole rings is 1. The number of nitrogen functional groups attached to an aromatic ring is 1. The molecule has 1 aliphatic rings. The van der Waals surface area contributed by atoms with Gasteiger partial charge in [0.25, 0.3) is 5.91 Å². The van der Waals surface area contributed by atoms with Crippen LogP contribution in [0, 0.1) is 11.8 Å². The molecule has 0 atom stereocenters. The Labute approximate surface area is 183 Å². The van der Waals surface area contributed by atoms with Gasteiger partial charge in [-0.3, -0.25) is 10.2 Å². The topological polar surface area (TPSA) is 123 Å². The lowest BCUT2D eigenvalue weighted by molar-refractivity contribution is -0.110. The monoisotopic (exact) mass is 433 g/mol. The molecule has 1 saturated heterocycles. The van der Waals surface area contributed by atoms with Gasteiger partial charge in [-0.2, -0.15) is 0 Å². The van der Waals surface area contributed by atoms with E-state index in [1.807, 2.05) is 12.1 Å². The molecule has 1 aliphatic heterocycles. The van der Waals surface area contributed by atoms with Crippen LogP contribution in [0.5, 0.6) is 0 Å². The van der Waals surface area contributed by atoms with Gasteiger partial charge in [0.2, 0.25) is 5.71 Å². The molecule has 1 fully saturated rings. The third-order valence-electron chi connectivity index (χ3n) is 4.62. The van der Waals surface area contributed by atoms with Gasteiger partial charge in [-0.1, -0.05) is 11.3 Å². The third kappa shape index (κ3) is 5.25. The van der Waals surface area contributed by atoms with Crippen molar-refractivity contribution in [2.45, 2.75) is 0 Å². The fourth-order valence-corrected chi connectivity index (χ4v) is 3.52. The summed E-state index contributed by atoms with van der Waals surface area (Å²) < 4.78 is 5.29. The molecular formula is C22H21N6O2S+. The highest BCUT2D eigenvalue weighted by molar-refractivity contribution is 7.15. The molecule has 0 saturated carbocycles. The normalized spacial score (nSPS) is 13.7. The summed E-state index contributed by atoms with van der Waals surface area (Å²) in [5, 5.41) is 6.67. The molecule has 1 amide bonds. The number of ether oxygens (including phenoxy) is 1. The van der Waals surface area contributed by atoms with Gasteiger partial charge in [0, 0.05) is 30.3 Å². The number of carbonyl (C=O) groups is 1. The van der Waals surface area contributed by atoms with Crippen LogP contribution < -0.4 is 11.1 Å². The van der Waals surface area contributed by atoms with Gasteiger partial charge >= 0.3 is 0 Å². The number of allylic oxidation sites excluding steroid dienone is 1. The maximum atomic E-state index is 12.5. The molecule has 8 nitrogen and oxygen atoms in total. The van der Waals surface area contributed by atoms with E-state index in [-0.39, 0.29) is 5.91 Å². The minimum Gasteiger partial charge on any atom is -0.378 e. The van der Waals surface area contributed by atoms with E-state index in [9.17, 15) is 4.79 Å². The summed E-state index contributed by atoms with van der Waals surface area (Å²) in [6.45, 7) is 2.39. The van der Waals surface area contributed by atoms with Gasteiger partial charge in [0.15, 0.2) is 5.13 Å². The predicted octanol–water partition coefficient (Wildman–Crippen LogP) is 0.582. The number of hydrogen-bond donors (Lipinski definition) is 3. The molecule has 0 unspecified atom stereocenters. The van der Waals surface area contributed by atoms with Crippen molar-refractivity contribution < 1.29 is 14.9 Å². The number of aromatic amines is 1. The summed E-state index contributed by atoms with van der Waals surface area (Å²) in [6, 6.07) is 7.27. The Bertz CT molecular complexity index is 1180. The molecule has 31 heavy (non-hydrogen) atoms. The van der Waals surface area contributed by atoms with Crippen molar-refractivity contribution >= 4 is 34.2 Å². The molecule has 0 aliphatic carbocycles. The molecule has 0 radical (unpaired) electrons. The van der Waals surface area contributed by atoms with Gasteiger partial charge in [-0.15, -0.1) is 0 Å². The lowest BCUT2D eigenvalue weighted by Gasteiger charge is -2.26. The standard InChI is InChI=1S/C22H20N6O2S/c23-19(15-1-3-16(4-2-15)21(29)28-9-11-30-12-10-28)7-8-20-25-13-17(27-20)5-6-18-14-26-22(24)31-18/h1-4,7-8,13-14,23H,9-12H2,(H2,24,26)(H,25,27)/p+1/b8-7-,23-19?. The smallest absolute Gasteiger partial charge is 0.254 e. The van der Waals surface area contributed by atoms with Crippen LogP contribution in [0.1, 0.15) is 32.3 Å². The molecular weight excluding hydrogens is 412 g/mol. The third-order valence-corrected chi connectivity index (χ3v) is 5.37. The van der Waals surface area contributed by atoms with Crippen molar-refractivity contribution in [2.24, 2.45) is 0 Å². The maximum absolute atomic E-state index is 12.5. The number of hydrogen-bond acceptors (Lipinski definition) is 6. The van der Waals surface area contributed by atoms with Crippen LogP contribution in [-0.2, 0) is 4.74 Å². The first-order chi connectivity index (χ1) is 15.1. The largest absolute Gasteiger partial charge is 0.378 e. The van der Waals surface area contributed by atoms with E-state index < -0.39 is 0 Å². The molecule has 3 heterocycles. The molecule has 156 valence electrons. The number of benzene rings is 1. The summed E-state index contributed by atoms with van der Waals surface area (Å²) >= 11 is 1.33. The van der Waals surface area contributed by atoms with Crippen LogP contribution >= 0.6 is 11.3 Å². The van der Waals surface area contributed by atoms with Crippen LogP contribution in [0.15, 0.2) is 42.7 Å². The number of morpholine rings is 1. The number of aromatic nitrogens is 3. The quantitative estimate of drug-likeness (QED) is 0.410. The predicted molar refractivity (Wildman–Crippen MR) is 119 cm³/mol. The maximum Gasteiger partial charge on any atom is 0.254 e. The van der Waals surface area contributed by atoms with Crippen LogP contribution in [0.3, 0.4) is 0 Å². The summed E-state index contributed by atoms with van der Waals surface area (Å²) in [6.07, 6.45) is 6.83. The fraction of sp³-hybridized carbons (Fsp3) is 0.182. The number of amides is 1. The lowest BCUT2D eigenvalue weighted by atomic mass is 10.1. The van der Waals surface area contributed by atoms with Crippen LogP contribution in [-0.4, -0.2) is 57.8 Å². The van der Waals surface area contributed by atoms with E-state index in [2.05, 4.69) is 26.8 Å². The van der Waals surface area contributed by atoms with Crippen LogP contribution in [0.2, 0.25) is 0 Å². The van der Waals surface area contributed by atoms with Crippen molar-refractivity contribution in [1.29, 1.82) is 0 Å². The second-order valence-electron chi connectivity index (χ2n) is 6.77. The van der Waals surface area contributed by atoms with Crippen molar-refractivity contribution in [3.63, 3.8) is 0 Å². The van der Waals surface area contributed by atoms with E-state index in [0.717, 1.165) is 10.4 Å². The molecule has 4 rings (SSSR count). The molecule has 0 spiro atoms. The first kappa shape index (κ1) is 20.5. The zero-order valence-electron chi connectivity index (χ0n) is 16.7. The minimum atomic E-state index is 0.00852. The Kier molecular flexibility index (Phi) is 6.21. The van der Waals surface area contributed by atoms with Crippen molar-refractivity contribution in [1.82, 2.24) is 19.9 Å². The van der Waals surface area contributed by atoms with Crippen molar-refractivity contribution in [2.75, 3.05) is 32.0 Å². The Balaban J connectivity index is 1.37. The first-order valence-corrected chi connectivity index (χ1v) is 10.5. The van der Waals surface area contributed by atoms with Crippen LogP contribution in [0.25, 0.3) is 6.08 Å². The zero-order chi connectivity index (χ0) is 21.6. The van der Waals surface area contributed by atoms with E-state index in [1.54, 1.807) is 41.6 Å². The summed E-state index contributed by atoms with van der Waals surface area (Å²) in [5.41, 5.74) is 8.30. The molecule has 0 bridgehead atoms. The van der Waals surface area contributed by atoms with E-state index in [1.165, 1.54) is 11.3 Å². The minimum absolute atomic E-state index is 0.00852. The summed E-state index contributed by atoms with van der Waals surface area (Å²) in [5.74, 6) is 6.62. The van der Waals surface area contributed by atoms with Crippen molar-refractivity contribution in [3.8, 4) is 11.8 Å². The Morgan fingerprint density at radius 2 is 1.90 bits per heavy atom. The SMILES string of the molecule is Nc1ncc(C#Cc2cnc(/C=C\C(=[NH2+])c3ccc(C(=O)N4CCOCC4)cc3)[nH]2)s1. The summed E-state index contributed by atoms with van der Waals surface area (Å²) in [4.78, 5) is 26.5. The number of carbonyl (C=O) groups excluding carboxylic acids is 1. The molecule has 1 aromatic carbocycles. The van der Waals surface area contributed by atoms with Gasteiger partial charge in [0.1, 0.15) is 11.5 Å². The zero-order valence-corrected chi connectivity index (χ0v) is 17.5. The van der Waals surface area contributed by atoms with E-state index in [0.29, 0.717) is 54.2 Å². The molecule has 2 aromatic heterocycles. The highest BCUT2D eigenvalue weighted by Crippen LogP contribution is 2.13. The van der Waals surface area contributed by atoms with Gasteiger partial charge in [-0.25, -0.2) is 9.97 Å². The number of nitrogens with two attached hydrogens (primary N) is 2. The lowest BCUT2D eigenvalue weighted by Crippen LogP contribution is -2.41. The van der Waals surface area contributed by atoms with E-state index in [4.69, 9.17) is 15.9 Å². The Morgan fingerprint density at radius 3 is 2.61 bits per heavy atom. The van der Waals surface area contributed by atoms with Crippen molar-refractivity contribution in [3.05, 3.63) is 70.3 Å². The average Bonchev–Trinajstić information content (AvgIpc) is 3.44. The molecule has 5 N–H and O–H groups in total. The number of nitrogens with zero attached hydrogens (tertiary/aromatic N) is 3. The van der Waals surface area contributed by atoms with E-state index >= 15 is 0 Å². The van der Waals surface area contributed by atoms with Gasteiger partial charge < -0.3 is 20.4 Å². The average molecular weight is 434 g/mol. The Hall–Kier alpha value is -3.74. The second kappa shape index (κ2) is 9.38. The Morgan fingerprint density at radius 1 is 1.16 bits per heavy atom. The number of nitrogens with one attached hydrogen (secondary N) is 1. The molecule has 9 heteroatoms. The number of rotatable bonds is 4. The first-order valence-electron chi connectivity index (χ1n) is 9.65. The number of imidazole rings is 1. The second-order valence-corrected chi connectivity index (χ2v) is 7.83. The highest BCUT2D eigenvalue weighted by Gasteiger charge is 2.18. The summed E-state index contributed by atoms with van der Waals surface area (Å²) in [7, 11) is 0. The fourth-order valence-electron chi connectivity index (χ4n) is 2.98. The molecule has 3 aromatic rings.